The Morgan fingerprint density at radius 2 is 1.96 bits per heavy atom. The molecule has 0 saturated carbocycles. The zero-order valence-corrected chi connectivity index (χ0v) is 14.3. The van der Waals surface area contributed by atoms with Crippen molar-refractivity contribution in [1.82, 2.24) is 15.8 Å². The first-order valence-electron chi connectivity index (χ1n) is 7.67. The van der Waals surface area contributed by atoms with E-state index < -0.39 is 23.6 Å². The molecule has 2 rings (SSSR count). The molecule has 24 heavy (non-hydrogen) atoms. The zero-order valence-electron chi connectivity index (χ0n) is 14.3. The number of rotatable bonds is 5. The second-order valence-corrected chi connectivity index (χ2v) is 6.43. The summed E-state index contributed by atoms with van der Waals surface area (Å²) in [7, 11) is 1.34. The molecule has 2 aromatic rings. The van der Waals surface area contributed by atoms with E-state index in [0.29, 0.717) is 6.42 Å². The molecule has 7 heteroatoms. The smallest absolute Gasteiger partial charge is 0.408 e. The number of aromatic amines is 1. The summed E-state index contributed by atoms with van der Waals surface area (Å²) in [6, 6.07) is 6.94. The third kappa shape index (κ3) is 4.73. The maximum atomic E-state index is 12.2. The number of alkyl carbamates (subject to hydrolysis) is 1. The monoisotopic (exact) mass is 333 g/mol. The number of carbonyl (C=O) groups is 2. The van der Waals surface area contributed by atoms with Crippen LogP contribution in [0.5, 0.6) is 0 Å². The van der Waals surface area contributed by atoms with Gasteiger partial charge in [0, 0.05) is 23.5 Å². The van der Waals surface area contributed by atoms with E-state index in [-0.39, 0.29) is 0 Å². The van der Waals surface area contributed by atoms with E-state index in [1.54, 1.807) is 20.8 Å². The number of carbonyl (C=O) groups excluding carboxylic acids is 2. The van der Waals surface area contributed by atoms with Gasteiger partial charge in [-0.15, -0.1) is 0 Å². The van der Waals surface area contributed by atoms with Gasteiger partial charge in [0.05, 0.1) is 7.11 Å². The van der Waals surface area contributed by atoms with Gasteiger partial charge in [-0.2, -0.15) is 0 Å². The number of hydroxylamine groups is 1. The van der Waals surface area contributed by atoms with Gasteiger partial charge in [0.15, 0.2) is 0 Å². The number of ether oxygens (including phenoxy) is 1. The SMILES string of the molecule is CONC(=O)[C@H](Cc1c[nH]c2ccccc12)NC(=O)OC(C)(C)C. The van der Waals surface area contributed by atoms with E-state index in [2.05, 4.69) is 20.6 Å². The first-order chi connectivity index (χ1) is 11.3. The largest absolute Gasteiger partial charge is 0.444 e. The van der Waals surface area contributed by atoms with Crippen molar-refractivity contribution in [2.75, 3.05) is 7.11 Å². The molecule has 0 radical (unpaired) electrons. The molecule has 0 aliphatic carbocycles. The Morgan fingerprint density at radius 3 is 2.62 bits per heavy atom. The van der Waals surface area contributed by atoms with Crippen LogP contribution < -0.4 is 10.8 Å². The van der Waals surface area contributed by atoms with Crippen LogP contribution in [0.4, 0.5) is 4.79 Å². The molecule has 1 heterocycles. The summed E-state index contributed by atoms with van der Waals surface area (Å²) in [4.78, 5) is 32.0. The topological polar surface area (TPSA) is 92.5 Å². The summed E-state index contributed by atoms with van der Waals surface area (Å²) >= 11 is 0. The van der Waals surface area contributed by atoms with Crippen LogP contribution in [0.25, 0.3) is 10.9 Å². The third-order valence-electron chi connectivity index (χ3n) is 3.31. The van der Waals surface area contributed by atoms with Gasteiger partial charge in [-0.1, -0.05) is 18.2 Å². The Morgan fingerprint density at radius 1 is 1.25 bits per heavy atom. The fourth-order valence-corrected chi connectivity index (χ4v) is 2.35. The first-order valence-corrected chi connectivity index (χ1v) is 7.67. The van der Waals surface area contributed by atoms with Crippen molar-refractivity contribution in [3.05, 3.63) is 36.0 Å². The Kier molecular flexibility index (Phi) is 5.46. The molecule has 0 saturated heterocycles. The molecule has 1 aromatic heterocycles. The van der Waals surface area contributed by atoms with Crippen LogP contribution in [-0.4, -0.2) is 35.7 Å². The molecule has 3 N–H and O–H groups in total. The van der Waals surface area contributed by atoms with Gasteiger partial charge < -0.3 is 15.0 Å². The second-order valence-electron chi connectivity index (χ2n) is 6.43. The average molecular weight is 333 g/mol. The predicted octanol–water partition coefficient (Wildman–Crippen LogP) is 2.28. The van der Waals surface area contributed by atoms with Crippen LogP contribution in [0.15, 0.2) is 30.5 Å². The Labute approximate surface area is 140 Å². The summed E-state index contributed by atoms with van der Waals surface area (Å²) < 4.78 is 5.22. The molecular formula is C17H23N3O4. The molecule has 0 aliphatic heterocycles. The van der Waals surface area contributed by atoms with Crippen LogP contribution in [0, 0.1) is 0 Å². The highest BCUT2D eigenvalue weighted by Gasteiger charge is 2.25. The fraction of sp³-hybridized carbons (Fsp3) is 0.412. The number of fused-ring (bicyclic) bond motifs is 1. The van der Waals surface area contributed by atoms with Gasteiger partial charge in [0.1, 0.15) is 11.6 Å². The molecule has 0 fully saturated rings. The highest BCUT2D eigenvalue weighted by molar-refractivity contribution is 5.87. The van der Waals surface area contributed by atoms with Crippen LogP contribution in [-0.2, 0) is 20.8 Å². The van der Waals surface area contributed by atoms with Crippen molar-refractivity contribution >= 4 is 22.9 Å². The van der Waals surface area contributed by atoms with Gasteiger partial charge in [0.2, 0.25) is 0 Å². The van der Waals surface area contributed by atoms with Crippen LogP contribution in [0.2, 0.25) is 0 Å². The second kappa shape index (κ2) is 7.35. The normalized spacial score (nSPS) is 12.7. The van der Waals surface area contributed by atoms with Gasteiger partial charge in [-0.3, -0.25) is 9.63 Å². The molecule has 7 nitrogen and oxygen atoms in total. The highest BCUT2D eigenvalue weighted by Crippen LogP contribution is 2.19. The lowest BCUT2D eigenvalue weighted by Gasteiger charge is -2.23. The van der Waals surface area contributed by atoms with Crippen molar-refractivity contribution in [2.24, 2.45) is 0 Å². The van der Waals surface area contributed by atoms with E-state index in [9.17, 15) is 9.59 Å². The molecule has 0 aliphatic rings. The molecule has 2 amide bonds. The number of benzene rings is 1. The number of amides is 2. The summed E-state index contributed by atoms with van der Waals surface area (Å²) in [5.41, 5.74) is 3.49. The van der Waals surface area contributed by atoms with Gasteiger partial charge in [-0.05, 0) is 32.4 Å². The zero-order chi connectivity index (χ0) is 17.7. The quantitative estimate of drug-likeness (QED) is 0.732. The van der Waals surface area contributed by atoms with E-state index >= 15 is 0 Å². The predicted molar refractivity (Wildman–Crippen MR) is 90.3 cm³/mol. The summed E-state index contributed by atoms with van der Waals surface area (Å²) in [5, 5.41) is 3.59. The number of H-pyrrole nitrogens is 1. The summed E-state index contributed by atoms with van der Waals surface area (Å²) in [6.45, 7) is 5.28. The summed E-state index contributed by atoms with van der Waals surface area (Å²) in [5.74, 6) is -0.450. The van der Waals surface area contributed by atoms with Gasteiger partial charge in [0.25, 0.3) is 5.91 Å². The lowest BCUT2D eigenvalue weighted by molar-refractivity contribution is -0.133. The minimum atomic E-state index is -0.820. The molecule has 0 spiro atoms. The molecule has 0 bridgehead atoms. The molecule has 0 unspecified atom stereocenters. The first kappa shape index (κ1) is 17.8. The van der Waals surface area contributed by atoms with Crippen molar-refractivity contribution in [2.45, 2.75) is 38.8 Å². The minimum absolute atomic E-state index is 0.304. The molecular weight excluding hydrogens is 310 g/mol. The number of hydrogen-bond acceptors (Lipinski definition) is 4. The molecule has 1 atom stereocenters. The number of aromatic nitrogens is 1. The van der Waals surface area contributed by atoms with E-state index in [1.165, 1.54) is 7.11 Å². The van der Waals surface area contributed by atoms with Gasteiger partial charge in [-0.25, -0.2) is 10.3 Å². The number of para-hydroxylation sites is 1. The van der Waals surface area contributed by atoms with Crippen molar-refractivity contribution in [3.63, 3.8) is 0 Å². The number of nitrogens with one attached hydrogen (secondary N) is 3. The van der Waals surface area contributed by atoms with Crippen LogP contribution >= 0.6 is 0 Å². The maximum Gasteiger partial charge on any atom is 0.408 e. The minimum Gasteiger partial charge on any atom is -0.444 e. The van der Waals surface area contributed by atoms with Crippen molar-refractivity contribution < 1.29 is 19.2 Å². The summed E-state index contributed by atoms with van der Waals surface area (Å²) in [6.07, 6.45) is 1.48. The Balaban J connectivity index is 2.17. The van der Waals surface area contributed by atoms with Crippen LogP contribution in [0.3, 0.4) is 0 Å². The average Bonchev–Trinajstić information content (AvgIpc) is 2.88. The van der Waals surface area contributed by atoms with E-state index in [0.717, 1.165) is 16.5 Å². The third-order valence-corrected chi connectivity index (χ3v) is 3.31. The fourth-order valence-electron chi connectivity index (χ4n) is 2.35. The lowest BCUT2D eigenvalue weighted by Crippen LogP contribution is -2.49. The Bertz CT molecular complexity index is 718. The van der Waals surface area contributed by atoms with Crippen LogP contribution in [0.1, 0.15) is 26.3 Å². The number of hydrogen-bond donors (Lipinski definition) is 3. The molecule has 1 aromatic carbocycles. The van der Waals surface area contributed by atoms with Crippen molar-refractivity contribution in [3.8, 4) is 0 Å². The maximum absolute atomic E-state index is 12.2. The molecule has 130 valence electrons. The lowest BCUT2D eigenvalue weighted by atomic mass is 10.0. The van der Waals surface area contributed by atoms with E-state index in [4.69, 9.17) is 4.74 Å². The van der Waals surface area contributed by atoms with Gasteiger partial charge >= 0.3 is 6.09 Å². The highest BCUT2D eigenvalue weighted by atomic mass is 16.6. The standard InChI is InChI=1S/C17H23N3O4/c1-17(2,3)24-16(22)19-14(15(21)20-23-4)9-11-10-18-13-8-6-5-7-12(11)13/h5-8,10,14,18H,9H2,1-4H3,(H,19,22)(H,20,21)/t14-/m0/s1. The van der Waals surface area contributed by atoms with Crippen molar-refractivity contribution in [1.29, 1.82) is 0 Å². The Hall–Kier alpha value is -2.54. The van der Waals surface area contributed by atoms with E-state index in [1.807, 2.05) is 30.5 Å².